The molecule has 0 saturated heterocycles. The highest BCUT2D eigenvalue weighted by Gasteiger charge is 2.05. The first-order valence-corrected chi connectivity index (χ1v) is 8.24. The van der Waals surface area contributed by atoms with E-state index in [0.717, 1.165) is 17.7 Å². The molecular formula is C20H25NO3. The van der Waals surface area contributed by atoms with Crippen LogP contribution in [-0.4, -0.2) is 19.6 Å². The lowest BCUT2D eigenvalue weighted by atomic mass is 9.99. The van der Waals surface area contributed by atoms with Gasteiger partial charge < -0.3 is 14.8 Å². The fourth-order valence-corrected chi connectivity index (χ4v) is 2.27. The van der Waals surface area contributed by atoms with E-state index >= 15 is 0 Å². The molecular weight excluding hydrogens is 302 g/mol. The van der Waals surface area contributed by atoms with E-state index in [1.165, 1.54) is 5.56 Å². The molecule has 0 aliphatic heterocycles. The number of rotatable bonds is 8. The molecule has 0 spiro atoms. The van der Waals surface area contributed by atoms with Crippen LogP contribution in [0.15, 0.2) is 48.5 Å². The van der Waals surface area contributed by atoms with Crippen LogP contribution in [0, 0.1) is 0 Å². The summed E-state index contributed by atoms with van der Waals surface area (Å²) in [5.41, 5.74) is 2.30. The Bertz CT molecular complexity index is 635. The molecule has 0 aromatic heterocycles. The summed E-state index contributed by atoms with van der Waals surface area (Å²) in [6.07, 6.45) is 1.11. The number of methoxy groups -OCH3 is 1. The van der Waals surface area contributed by atoms with Crippen LogP contribution < -0.4 is 14.8 Å². The van der Waals surface area contributed by atoms with E-state index in [-0.39, 0.29) is 12.5 Å². The number of carbonyl (C=O) groups excluding carboxylic acids is 1. The van der Waals surface area contributed by atoms with Crippen molar-refractivity contribution >= 4 is 5.91 Å². The smallest absolute Gasteiger partial charge is 0.258 e. The standard InChI is InChI=1S/C20H25NO3/c1-4-15(2)17-7-11-19(12-8-17)24-14-20(22)21-13-16-5-9-18(23-3)10-6-16/h5-12,15H,4,13-14H2,1-3H3,(H,21,22)/t15-/m1/s1. The average Bonchev–Trinajstić information content (AvgIpc) is 2.64. The van der Waals surface area contributed by atoms with E-state index in [1.54, 1.807) is 7.11 Å². The van der Waals surface area contributed by atoms with Crippen molar-refractivity contribution in [3.63, 3.8) is 0 Å². The summed E-state index contributed by atoms with van der Waals surface area (Å²) >= 11 is 0. The molecule has 4 heteroatoms. The van der Waals surface area contributed by atoms with Gasteiger partial charge in [-0.05, 0) is 47.7 Å². The molecule has 4 nitrogen and oxygen atoms in total. The molecule has 128 valence electrons. The van der Waals surface area contributed by atoms with E-state index in [1.807, 2.05) is 36.4 Å². The van der Waals surface area contributed by atoms with Crippen LogP contribution in [0.4, 0.5) is 0 Å². The van der Waals surface area contributed by atoms with Gasteiger partial charge in [0, 0.05) is 6.54 Å². The second-order valence-corrected chi connectivity index (χ2v) is 5.79. The Morgan fingerprint density at radius 1 is 1.04 bits per heavy atom. The molecule has 2 rings (SSSR count). The van der Waals surface area contributed by atoms with Crippen LogP contribution in [0.3, 0.4) is 0 Å². The lowest BCUT2D eigenvalue weighted by Crippen LogP contribution is -2.28. The molecule has 1 atom stereocenters. The van der Waals surface area contributed by atoms with Crippen molar-refractivity contribution in [2.45, 2.75) is 32.7 Å². The maximum absolute atomic E-state index is 11.9. The molecule has 24 heavy (non-hydrogen) atoms. The molecule has 0 bridgehead atoms. The van der Waals surface area contributed by atoms with Crippen molar-refractivity contribution in [3.8, 4) is 11.5 Å². The fourth-order valence-electron chi connectivity index (χ4n) is 2.27. The SMILES string of the molecule is CC[C@@H](C)c1ccc(OCC(=O)NCc2ccc(OC)cc2)cc1. The molecule has 0 fully saturated rings. The van der Waals surface area contributed by atoms with Crippen molar-refractivity contribution in [2.24, 2.45) is 0 Å². The van der Waals surface area contributed by atoms with Gasteiger partial charge in [-0.3, -0.25) is 4.79 Å². The number of nitrogens with one attached hydrogen (secondary N) is 1. The van der Waals surface area contributed by atoms with Gasteiger partial charge in [-0.1, -0.05) is 38.1 Å². The van der Waals surface area contributed by atoms with Gasteiger partial charge in [0.2, 0.25) is 0 Å². The molecule has 0 radical (unpaired) electrons. The largest absolute Gasteiger partial charge is 0.497 e. The summed E-state index contributed by atoms with van der Waals surface area (Å²) in [4.78, 5) is 11.9. The van der Waals surface area contributed by atoms with Crippen molar-refractivity contribution in [1.29, 1.82) is 0 Å². The quantitative estimate of drug-likeness (QED) is 0.800. The zero-order valence-corrected chi connectivity index (χ0v) is 14.5. The minimum atomic E-state index is -0.142. The van der Waals surface area contributed by atoms with Gasteiger partial charge in [0.25, 0.3) is 5.91 Å². The normalized spacial score (nSPS) is 11.6. The lowest BCUT2D eigenvalue weighted by molar-refractivity contribution is -0.123. The number of amides is 1. The Balaban J connectivity index is 1.76. The second kappa shape index (κ2) is 8.96. The Morgan fingerprint density at radius 3 is 2.25 bits per heavy atom. The van der Waals surface area contributed by atoms with Crippen LogP contribution in [-0.2, 0) is 11.3 Å². The first-order valence-electron chi connectivity index (χ1n) is 8.24. The number of benzene rings is 2. The van der Waals surface area contributed by atoms with E-state index in [9.17, 15) is 4.79 Å². The topological polar surface area (TPSA) is 47.6 Å². The maximum atomic E-state index is 11.9. The summed E-state index contributed by atoms with van der Waals surface area (Å²) < 4.78 is 10.6. The fraction of sp³-hybridized carbons (Fsp3) is 0.350. The summed E-state index contributed by atoms with van der Waals surface area (Å²) in [5.74, 6) is 1.90. The van der Waals surface area contributed by atoms with Crippen molar-refractivity contribution in [1.82, 2.24) is 5.32 Å². The first kappa shape index (κ1) is 17.9. The predicted molar refractivity (Wildman–Crippen MR) is 95.5 cm³/mol. The van der Waals surface area contributed by atoms with E-state index < -0.39 is 0 Å². The molecule has 0 heterocycles. The van der Waals surface area contributed by atoms with Crippen LogP contribution in [0.25, 0.3) is 0 Å². The van der Waals surface area contributed by atoms with Crippen LogP contribution in [0.5, 0.6) is 11.5 Å². The summed E-state index contributed by atoms with van der Waals surface area (Å²) in [5, 5.41) is 2.84. The van der Waals surface area contributed by atoms with E-state index in [4.69, 9.17) is 9.47 Å². The minimum absolute atomic E-state index is 0.0127. The van der Waals surface area contributed by atoms with Crippen LogP contribution in [0.2, 0.25) is 0 Å². The second-order valence-electron chi connectivity index (χ2n) is 5.79. The van der Waals surface area contributed by atoms with Crippen molar-refractivity contribution < 1.29 is 14.3 Å². The number of ether oxygens (including phenoxy) is 2. The Labute approximate surface area is 143 Å². The monoisotopic (exact) mass is 327 g/mol. The third kappa shape index (κ3) is 5.30. The number of hydrogen-bond acceptors (Lipinski definition) is 3. The van der Waals surface area contributed by atoms with Gasteiger partial charge in [0.1, 0.15) is 11.5 Å². The molecule has 2 aromatic rings. The van der Waals surface area contributed by atoms with Crippen LogP contribution in [0.1, 0.15) is 37.3 Å². The molecule has 1 amide bonds. The van der Waals surface area contributed by atoms with E-state index in [2.05, 4.69) is 31.3 Å². The highest BCUT2D eigenvalue weighted by Crippen LogP contribution is 2.21. The summed E-state index contributed by atoms with van der Waals surface area (Å²) in [7, 11) is 1.63. The van der Waals surface area contributed by atoms with Gasteiger partial charge in [0.05, 0.1) is 7.11 Å². The molecule has 0 aliphatic carbocycles. The Hall–Kier alpha value is -2.49. The van der Waals surface area contributed by atoms with Gasteiger partial charge in [-0.25, -0.2) is 0 Å². The molecule has 0 aliphatic rings. The summed E-state index contributed by atoms with van der Waals surface area (Å²) in [6.45, 7) is 4.85. The van der Waals surface area contributed by atoms with Gasteiger partial charge in [0.15, 0.2) is 6.61 Å². The van der Waals surface area contributed by atoms with Gasteiger partial charge >= 0.3 is 0 Å². The highest BCUT2D eigenvalue weighted by molar-refractivity contribution is 5.77. The zero-order chi connectivity index (χ0) is 17.4. The number of carbonyl (C=O) groups is 1. The maximum Gasteiger partial charge on any atom is 0.258 e. The molecule has 1 N–H and O–H groups in total. The molecule has 0 saturated carbocycles. The van der Waals surface area contributed by atoms with Gasteiger partial charge in [-0.2, -0.15) is 0 Å². The van der Waals surface area contributed by atoms with Gasteiger partial charge in [-0.15, -0.1) is 0 Å². The first-order chi connectivity index (χ1) is 11.6. The third-order valence-electron chi connectivity index (χ3n) is 4.08. The lowest BCUT2D eigenvalue weighted by Gasteiger charge is -2.11. The number of hydrogen-bond donors (Lipinski definition) is 1. The third-order valence-corrected chi connectivity index (χ3v) is 4.08. The molecule has 0 unspecified atom stereocenters. The van der Waals surface area contributed by atoms with Crippen LogP contribution >= 0.6 is 0 Å². The predicted octanol–water partition coefficient (Wildman–Crippen LogP) is 3.90. The van der Waals surface area contributed by atoms with E-state index in [0.29, 0.717) is 18.2 Å². The average molecular weight is 327 g/mol. The highest BCUT2D eigenvalue weighted by atomic mass is 16.5. The van der Waals surface area contributed by atoms with Crippen molar-refractivity contribution in [3.05, 3.63) is 59.7 Å². The summed E-state index contributed by atoms with van der Waals surface area (Å²) in [6, 6.07) is 15.5. The zero-order valence-electron chi connectivity index (χ0n) is 14.5. The Morgan fingerprint density at radius 2 is 1.67 bits per heavy atom. The molecule has 2 aromatic carbocycles. The minimum Gasteiger partial charge on any atom is -0.497 e. The Kier molecular flexibility index (Phi) is 6.67. The van der Waals surface area contributed by atoms with Crippen molar-refractivity contribution in [2.75, 3.05) is 13.7 Å².